The van der Waals surface area contributed by atoms with Crippen molar-refractivity contribution in [2.75, 3.05) is 18.9 Å². The summed E-state index contributed by atoms with van der Waals surface area (Å²) in [6.45, 7) is 8.67. The van der Waals surface area contributed by atoms with Gasteiger partial charge in [0.25, 0.3) is 0 Å². The van der Waals surface area contributed by atoms with E-state index < -0.39 is 43.0 Å². The van der Waals surface area contributed by atoms with Gasteiger partial charge in [0.1, 0.15) is 31.2 Å². The number of aryl methyl sites for hydroxylation is 1. The molecule has 0 aromatic carbocycles. The fourth-order valence-corrected chi connectivity index (χ4v) is 4.10. The molecule has 2 N–H and O–H groups in total. The van der Waals surface area contributed by atoms with E-state index in [4.69, 9.17) is 24.5 Å². The third-order valence-corrected chi connectivity index (χ3v) is 6.76. The lowest BCUT2D eigenvalue weighted by atomic mass is 10.0. The monoisotopic (exact) mass is 416 g/mol. The van der Waals surface area contributed by atoms with Gasteiger partial charge in [0.05, 0.1) is 19.3 Å². The summed E-state index contributed by atoms with van der Waals surface area (Å²) >= 11 is 0. The van der Waals surface area contributed by atoms with Gasteiger partial charge < -0.3 is 33.9 Å². The third-order valence-electron chi connectivity index (χ3n) is 4.98. The van der Waals surface area contributed by atoms with Crippen molar-refractivity contribution in [2.24, 2.45) is 0 Å². The number of hydrogen-bond donors (Lipinski definition) is 1. The van der Waals surface area contributed by atoms with Crippen molar-refractivity contribution >= 4 is 13.4 Å². The van der Waals surface area contributed by atoms with Gasteiger partial charge in [-0.3, -0.25) is 4.57 Å². The van der Waals surface area contributed by atoms with E-state index >= 15 is 0 Å². The van der Waals surface area contributed by atoms with E-state index in [1.54, 1.807) is 20.8 Å². The van der Waals surface area contributed by atoms with Crippen LogP contribution in [0.4, 0.5) is 5.82 Å². The van der Waals surface area contributed by atoms with Crippen LogP contribution >= 0.6 is 7.60 Å². The van der Waals surface area contributed by atoms with E-state index in [1.165, 1.54) is 10.8 Å². The summed E-state index contributed by atoms with van der Waals surface area (Å²) in [5.74, 6) is 0.125. The van der Waals surface area contributed by atoms with Crippen LogP contribution in [0.5, 0.6) is 0 Å². The highest BCUT2D eigenvalue weighted by Crippen LogP contribution is 2.54. The van der Waals surface area contributed by atoms with E-state index in [1.807, 2.05) is 13.8 Å². The number of ether oxygens (including phenoxy) is 3. The van der Waals surface area contributed by atoms with E-state index in [0.29, 0.717) is 5.56 Å². The average Bonchev–Trinajstić information content (AvgIpc) is 3.08. The molecule has 0 spiro atoms. The number of hydrogen-bond acceptors (Lipinski definition) is 9. The van der Waals surface area contributed by atoms with Crippen molar-refractivity contribution in [3.8, 4) is 0 Å². The van der Waals surface area contributed by atoms with E-state index in [2.05, 4.69) is 4.98 Å². The Balaban J connectivity index is 1.98. The fourth-order valence-electron chi connectivity index (χ4n) is 3.22. The molecular weight excluding hydrogens is 389 g/mol. The van der Waals surface area contributed by atoms with Gasteiger partial charge in [-0.1, -0.05) is 13.8 Å². The van der Waals surface area contributed by atoms with E-state index in [-0.39, 0.29) is 25.1 Å². The zero-order valence-corrected chi connectivity index (χ0v) is 17.5. The summed E-state index contributed by atoms with van der Waals surface area (Å²) in [7, 11) is -4.17. The van der Waals surface area contributed by atoms with Crippen LogP contribution in [0.25, 0.3) is 0 Å². The Morgan fingerprint density at radius 3 is 2.75 bits per heavy atom. The molecular formula is C17H27N3O7P-. The summed E-state index contributed by atoms with van der Waals surface area (Å²) in [6.07, 6.45) is -1.23. The van der Waals surface area contributed by atoms with Crippen LogP contribution in [-0.4, -0.2) is 52.3 Å². The lowest BCUT2D eigenvalue weighted by Gasteiger charge is -2.35. The number of aromatic nitrogens is 2. The first-order valence-corrected chi connectivity index (χ1v) is 10.8. The summed E-state index contributed by atoms with van der Waals surface area (Å²) in [5.41, 5.74) is 3.81. The second-order valence-corrected chi connectivity index (χ2v) is 10.2. The first kappa shape index (κ1) is 21.4. The van der Waals surface area contributed by atoms with E-state index in [9.17, 15) is 14.3 Å². The van der Waals surface area contributed by atoms with Gasteiger partial charge >= 0.3 is 5.69 Å². The molecule has 0 aliphatic carbocycles. The van der Waals surface area contributed by atoms with Gasteiger partial charge in [0.2, 0.25) is 0 Å². The van der Waals surface area contributed by atoms with Gasteiger partial charge in [-0.05, 0) is 20.8 Å². The number of fused-ring (bicyclic) bond motifs is 2. The number of anilines is 1. The zero-order chi connectivity index (χ0) is 20.9. The Kier molecular flexibility index (Phi) is 5.75. The Labute approximate surface area is 163 Å². The molecule has 0 saturated carbocycles. The molecule has 158 valence electrons. The molecule has 11 heteroatoms. The standard InChI is InChI=1S/C17H28N3O7P/c1-9(2)24-7-17-8-25-12(13(17)27-28(22,23)10(3)4)15(26-17)20-6-11(5)14(18)19-16(20)21/h6,9-10,12-13,15H,7-8H2,1-5H3,(H,22,23)(H2,18,19,21)/p-1/t12?,13-,15-,17+/m1/s1. The van der Waals surface area contributed by atoms with Crippen molar-refractivity contribution in [1.29, 1.82) is 0 Å². The predicted octanol–water partition coefficient (Wildman–Crippen LogP) is 0.572. The molecule has 1 aromatic heterocycles. The minimum atomic E-state index is -4.17. The van der Waals surface area contributed by atoms with Gasteiger partial charge in [-0.25, -0.2) is 4.79 Å². The maximum atomic E-state index is 12.5. The summed E-state index contributed by atoms with van der Waals surface area (Å²) < 4.78 is 36.9. The summed E-state index contributed by atoms with van der Waals surface area (Å²) in [4.78, 5) is 28.6. The zero-order valence-electron chi connectivity index (χ0n) is 16.7. The van der Waals surface area contributed by atoms with Crippen molar-refractivity contribution in [1.82, 2.24) is 9.55 Å². The topological polar surface area (TPSA) is 138 Å². The lowest BCUT2D eigenvalue weighted by molar-refractivity contribution is -0.214. The molecule has 10 nitrogen and oxygen atoms in total. The normalized spacial score (nSPS) is 31.6. The molecule has 5 atom stereocenters. The number of rotatable bonds is 7. The van der Waals surface area contributed by atoms with Gasteiger partial charge in [0, 0.05) is 17.4 Å². The van der Waals surface area contributed by atoms with Crippen molar-refractivity contribution in [3.05, 3.63) is 22.2 Å². The maximum Gasteiger partial charge on any atom is 0.351 e. The molecule has 2 aliphatic rings. The van der Waals surface area contributed by atoms with Crippen LogP contribution in [0.1, 0.15) is 39.5 Å². The molecule has 1 aromatic rings. The Morgan fingerprint density at radius 2 is 2.14 bits per heavy atom. The molecule has 28 heavy (non-hydrogen) atoms. The fraction of sp³-hybridized carbons (Fsp3) is 0.765. The number of nitrogen functional groups attached to an aromatic ring is 1. The van der Waals surface area contributed by atoms with E-state index in [0.717, 1.165) is 0 Å². The summed E-state index contributed by atoms with van der Waals surface area (Å²) in [6, 6.07) is 0. The molecule has 0 radical (unpaired) electrons. The van der Waals surface area contributed by atoms with Crippen LogP contribution in [0.3, 0.4) is 0 Å². The lowest BCUT2D eigenvalue weighted by Crippen LogP contribution is -2.47. The van der Waals surface area contributed by atoms with Crippen LogP contribution in [0.15, 0.2) is 11.0 Å². The maximum absolute atomic E-state index is 12.5. The predicted molar refractivity (Wildman–Crippen MR) is 98.9 cm³/mol. The first-order valence-electron chi connectivity index (χ1n) is 9.22. The molecule has 2 fully saturated rings. The molecule has 3 heterocycles. The van der Waals surface area contributed by atoms with Gasteiger partial charge in [-0.15, -0.1) is 0 Å². The average molecular weight is 416 g/mol. The van der Waals surface area contributed by atoms with Crippen LogP contribution in [0.2, 0.25) is 0 Å². The first-order chi connectivity index (χ1) is 13.0. The van der Waals surface area contributed by atoms with Gasteiger partial charge in [-0.2, -0.15) is 4.98 Å². The highest BCUT2D eigenvalue weighted by molar-refractivity contribution is 7.52. The van der Waals surface area contributed by atoms with Gasteiger partial charge in [0.15, 0.2) is 6.23 Å². The molecule has 2 unspecified atom stereocenters. The van der Waals surface area contributed by atoms with Crippen LogP contribution in [-0.2, 0) is 23.3 Å². The second kappa shape index (κ2) is 7.51. The van der Waals surface area contributed by atoms with Crippen molar-refractivity contribution in [3.63, 3.8) is 0 Å². The minimum Gasteiger partial charge on any atom is -0.778 e. The quantitative estimate of drug-likeness (QED) is 0.632. The Hall–Kier alpha value is -1.29. The molecule has 2 aliphatic heterocycles. The summed E-state index contributed by atoms with van der Waals surface area (Å²) in [5, 5.41) is 0. The van der Waals surface area contributed by atoms with Crippen LogP contribution < -0.4 is 16.3 Å². The number of nitrogens with two attached hydrogens (primary N) is 1. The minimum absolute atomic E-state index is 0.0660. The highest BCUT2D eigenvalue weighted by Gasteiger charge is 2.64. The largest absolute Gasteiger partial charge is 0.778 e. The SMILES string of the molecule is Cc1cn([C@@H]2O[C@@]3(COC(C)C)COC2[C@H]3OP(=O)([O-])C(C)C)c(=O)nc1N. The molecule has 3 rings (SSSR count). The number of nitrogens with zero attached hydrogens (tertiary/aromatic N) is 2. The highest BCUT2D eigenvalue weighted by atomic mass is 31.2. The molecule has 2 saturated heterocycles. The molecule has 2 bridgehead atoms. The Morgan fingerprint density at radius 1 is 1.46 bits per heavy atom. The van der Waals surface area contributed by atoms with Crippen LogP contribution in [0, 0.1) is 6.92 Å². The molecule has 0 amide bonds. The smallest absolute Gasteiger partial charge is 0.351 e. The van der Waals surface area contributed by atoms with Crippen molar-refractivity contribution in [2.45, 2.75) is 70.4 Å². The second-order valence-electron chi connectivity index (χ2n) is 7.87. The third kappa shape index (κ3) is 3.77. The van der Waals surface area contributed by atoms with Crippen molar-refractivity contribution < 1.29 is 28.2 Å². The Bertz CT molecular complexity index is 843.